The first-order valence-electron chi connectivity index (χ1n) is 6.42. The summed E-state index contributed by atoms with van der Waals surface area (Å²) in [4.78, 5) is 4.28. The van der Waals surface area contributed by atoms with Crippen LogP contribution in [0.5, 0.6) is 5.88 Å². The van der Waals surface area contributed by atoms with E-state index in [0.717, 1.165) is 0 Å². The van der Waals surface area contributed by atoms with E-state index in [-0.39, 0.29) is 5.82 Å². The van der Waals surface area contributed by atoms with Crippen LogP contribution in [0.4, 0.5) is 21.6 Å². The number of nitrogens with one attached hydrogen (secondary N) is 1. The van der Waals surface area contributed by atoms with Gasteiger partial charge < -0.3 is 15.8 Å². The van der Waals surface area contributed by atoms with Crippen molar-refractivity contribution in [3.05, 3.63) is 40.6 Å². The van der Waals surface area contributed by atoms with Crippen LogP contribution < -0.4 is 15.8 Å². The molecule has 2 aromatic rings. The molecule has 4 nitrogen and oxygen atoms in total. The molecule has 1 aromatic carbocycles. The van der Waals surface area contributed by atoms with Crippen LogP contribution in [0.1, 0.15) is 20.8 Å². The third kappa shape index (κ3) is 4.32. The van der Waals surface area contributed by atoms with Crippen molar-refractivity contribution >= 4 is 33.1 Å². The van der Waals surface area contributed by atoms with E-state index < -0.39 is 5.60 Å². The summed E-state index contributed by atoms with van der Waals surface area (Å²) in [5.41, 5.74) is 6.20. The van der Waals surface area contributed by atoms with Crippen LogP contribution in [0.3, 0.4) is 0 Å². The lowest BCUT2D eigenvalue weighted by Gasteiger charge is -2.21. The minimum atomic E-state index is -0.414. The van der Waals surface area contributed by atoms with E-state index in [4.69, 9.17) is 10.5 Å². The molecule has 0 aliphatic carbocycles. The average Bonchev–Trinajstić information content (AvgIpc) is 2.35. The normalized spacial score (nSPS) is 11.3. The molecule has 0 saturated heterocycles. The fraction of sp³-hybridized carbons (Fsp3) is 0.267. The van der Waals surface area contributed by atoms with Crippen LogP contribution in [0.15, 0.2) is 34.8 Å². The second-order valence-electron chi connectivity index (χ2n) is 5.55. The Morgan fingerprint density at radius 3 is 2.57 bits per heavy atom. The van der Waals surface area contributed by atoms with Crippen molar-refractivity contribution in [2.75, 3.05) is 11.1 Å². The minimum absolute atomic E-state index is 0.324. The van der Waals surface area contributed by atoms with Crippen LogP contribution in [0, 0.1) is 5.82 Å². The molecule has 6 heteroatoms. The van der Waals surface area contributed by atoms with Gasteiger partial charge in [-0.15, -0.1) is 0 Å². The molecule has 0 atom stereocenters. The highest BCUT2D eigenvalue weighted by Gasteiger charge is 2.15. The zero-order valence-corrected chi connectivity index (χ0v) is 13.7. The Morgan fingerprint density at radius 2 is 1.95 bits per heavy atom. The van der Waals surface area contributed by atoms with E-state index in [0.29, 0.717) is 27.5 Å². The number of hydrogen-bond acceptors (Lipinski definition) is 4. The van der Waals surface area contributed by atoms with Crippen molar-refractivity contribution in [3.63, 3.8) is 0 Å². The molecule has 0 saturated carbocycles. The van der Waals surface area contributed by atoms with E-state index >= 15 is 0 Å². The van der Waals surface area contributed by atoms with Gasteiger partial charge in [0.25, 0.3) is 0 Å². The van der Waals surface area contributed by atoms with Crippen molar-refractivity contribution in [1.82, 2.24) is 4.98 Å². The second-order valence-corrected chi connectivity index (χ2v) is 6.47. The van der Waals surface area contributed by atoms with E-state index in [1.54, 1.807) is 24.3 Å². The Bertz CT molecular complexity index is 656. The summed E-state index contributed by atoms with van der Waals surface area (Å²) < 4.78 is 20.2. The van der Waals surface area contributed by atoms with Crippen molar-refractivity contribution in [3.8, 4) is 5.88 Å². The maximum absolute atomic E-state index is 13.8. The number of benzene rings is 1. The molecule has 0 aliphatic rings. The molecule has 0 unspecified atom stereocenters. The van der Waals surface area contributed by atoms with Gasteiger partial charge in [0.2, 0.25) is 5.88 Å². The number of ether oxygens (including phenoxy) is 1. The molecule has 2 rings (SSSR count). The number of nitrogen functional groups attached to an aromatic ring is 1. The quantitative estimate of drug-likeness (QED) is 0.853. The number of nitrogens with two attached hydrogens (primary N) is 1. The molecule has 0 spiro atoms. The molecular formula is C15H17BrFN3O. The molecule has 1 heterocycles. The summed E-state index contributed by atoms with van der Waals surface area (Å²) in [6, 6.07) is 8.10. The monoisotopic (exact) mass is 353 g/mol. The lowest BCUT2D eigenvalue weighted by Crippen LogP contribution is -2.24. The van der Waals surface area contributed by atoms with Crippen LogP contribution in [0.2, 0.25) is 0 Å². The van der Waals surface area contributed by atoms with Crippen molar-refractivity contribution in [2.45, 2.75) is 26.4 Å². The third-order valence-electron chi connectivity index (χ3n) is 2.49. The van der Waals surface area contributed by atoms with Gasteiger partial charge >= 0.3 is 0 Å². The minimum Gasteiger partial charge on any atom is -0.470 e. The number of rotatable bonds is 3. The molecule has 0 fully saturated rings. The fourth-order valence-corrected chi connectivity index (χ4v) is 1.95. The summed E-state index contributed by atoms with van der Waals surface area (Å²) in [5.74, 6) is 0.413. The van der Waals surface area contributed by atoms with Crippen molar-refractivity contribution in [1.29, 1.82) is 0 Å². The number of hydrogen-bond donors (Lipinski definition) is 2. The van der Waals surface area contributed by atoms with Gasteiger partial charge in [-0.05, 0) is 51.1 Å². The van der Waals surface area contributed by atoms with Gasteiger partial charge in [-0.1, -0.05) is 15.9 Å². The van der Waals surface area contributed by atoms with Gasteiger partial charge in [-0.2, -0.15) is 4.98 Å². The van der Waals surface area contributed by atoms with E-state index in [1.165, 1.54) is 6.07 Å². The zero-order chi connectivity index (χ0) is 15.6. The maximum atomic E-state index is 13.8. The predicted molar refractivity (Wildman–Crippen MR) is 86.4 cm³/mol. The molecule has 21 heavy (non-hydrogen) atoms. The average molecular weight is 354 g/mol. The number of anilines is 3. The van der Waals surface area contributed by atoms with Crippen LogP contribution in [-0.4, -0.2) is 10.6 Å². The largest absolute Gasteiger partial charge is 0.470 e. The Hall–Kier alpha value is -1.82. The molecule has 1 aromatic heterocycles. The number of pyridine rings is 1. The van der Waals surface area contributed by atoms with Crippen molar-refractivity contribution in [2.24, 2.45) is 0 Å². The summed E-state index contributed by atoms with van der Waals surface area (Å²) in [6.45, 7) is 5.72. The molecule has 0 radical (unpaired) electrons. The topological polar surface area (TPSA) is 60.2 Å². The van der Waals surface area contributed by atoms with Crippen LogP contribution in [-0.2, 0) is 0 Å². The molecule has 0 bridgehead atoms. The SMILES string of the molecule is CC(C)(C)Oc1nc(Nc2ccc(Br)cc2F)ccc1N. The van der Waals surface area contributed by atoms with Gasteiger partial charge in [0.1, 0.15) is 17.2 Å². The maximum Gasteiger partial charge on any atom is 0.239 e. The molecule has 0 aliphatic heterocycles. The lowest BCUT2D eigenvalue weighted by molar-refractivity contribution is 0.125. The highest BCUT2D eigenvalue weighted by Crippen LogP contribution is 2.27. The Morgan fingerprint density at radius 1 is 1.24 bits per heavy atom. The Labute approximate surface area is 131 Å². The zero-order valence-electron chi connectivity index (χ0n) is 12.1. The Kier molecular flexibility index (Phi) is 4.37. The second kappa shape index (κ2) is 5.89. The first kappa shape index (κ1) is 15.6. The molecule has 0 amide bonds. The van der Waals surface area contributed by atoms with Gasteiger partial charge in [-0.25, -0.2) is 4.39 Å². The van der Waals surface area contributed by atoms with Crippen LogP contribution >= 0.6 is 15.9 Å². The first-order chi connectivity index (χ1) is 9.74. The number of aromatic nitrogens is 1. The Balaban J connectivity index is 2.26. The predicted octanol–water partition coefficient (Wildman–Crippen LogP) is 4.49. The highest BCUT2D eigenvalue weighted by molar-refractivity contribution is 9.10. The first-order valence-corrected chi connectivity index (χ1v) is 7.21. The summed E-state index contributed by atoms with van der Waals surface area (Å²) in [6.07, 6.45) is 0. The van der Waals surface area contributed by atoms with Crippen LogP contribution in [0.25, 0.3) is 0 Å². The van der Waals surface area contributed by atoms with Crippen molar-refractivity contribution < 1.29 is 9.13 Å². The standard InChI is InChI=1S/C15H17BrFN3O/c1-15(2,3)21-14-11(18)5-7-13(20-14)19-12-6-4-9(16)8-10(12)17/h4-8H,18H2,1-3H3,(H,19,20). The number of nitrogens with zero attached hydrogens (tertiary/aromatic N) is 1. The summed E-state index contributed by atoms with van der Waals surface area (Å²) >= 11 is 3.22. The highest BCUT2D eigenvalue weighted by atomic mass is 79.9. The van der Waals surface area contributed by atoms with E-state index in [1.807, 2.05) is 20.8 Å². The number of halogens is 2. The smallest absolute Gasteiger partial charge is 0.239 e. The van der Waals surface area contributed by atoms with Gasteiger partial charge in [-0.3, -0.25) is 0 Å². The molecular weight excluding hydrogens is 337 g/mol. The van der Waals surface area contributed by atoms with Gasteiger partial charge in [0.15, 0.2) is 0 Å². The molecule has 3 N–H and O–H groups in total. The molecule has 112 valence electrons. The summed E-state index contributed by atoms with van der Waals surface area (Å²) in [5, 5.41) is 2.91. The van der Waals surface area contributed by atoms with E-state index in [9.17, 15) is 4.39 Å². The van der Waals surface area contributed by atoms with Gasteiger partial charge in [0, 0.05) is 4.47 Å². The lowest BCUT2D eigenvalue weighted by atomic mass is 10.2. The van der Waals surface area contributed by atoms with Gasteiger partial charge in [0.05, 0.1) is 11.4 Å². The fourth-order valence-electron chi connectivity index (χ4n) is 1.62. The third-order valence-corrected chi connectivity index (χ3v) is 2.98. The van der Waals surface area contributed by atoms with E-state index in [2.05, 4.69) is 26.2 Å². The summed E-state index contributed by atoms with van der Waals surface area (Å²) in [7, 11) is 0.